The lowest BCUT2D eigenvalue weighted by molar-refractivity contribution is 0.738. The van der Waals surface area contributed by atoms with Crippen LogP contribution < -0.4 is 4.90 Å². The summed E-state index contributed by atoms with van der Waals surface area (Å²) in [6.07, 6.45) is 8.86. The van der Waals surface area contributed by atoms with E-state index in [1.807, 2.05) is 37.2 Å². The average molecular weight is 377 g/mol. The lowest BCUT2D eigenvalue weighted by atomic mass is 9.92. The monoisotopic (exact) mass is 376 g/mol. The summed E-state index contributed by atoms with van der Waals surface area (Å²) in [5.41, 5.74) is 3.98. The van der Waals surface area contributed by atoms with Gasteiger partial charge in [0.25, 0.3) is 0 Å². The molecule has 0 saturated heterocycles. The summed E-state index contributed by atoms with van der Waals surface area (Å²) < 4.78 is 0. The Bertz CT molecular complexity index is 1050. The molecule has 0 bridgehead atoms. The van der Waals surface area contributed by atoms with Gasteiger partial charge >= 0.3 is 0 Å². The Morgan fingerprint density at radius 2 is 1.96 bits per heavy atom. The van der Waals surface area contributed by atoms with E-state index in [-0.39, 0.29) is 0 Å². The molecule has 136 valence electrons. The number of hydrogen-bond donors (Lipinski definition) is 0. The predicted molar refractivity (Wildman–Crippen MR) is 113 cm³/mol. The van der Waals surface area contributed by atoms with Crippen LogP contribution in [-0.4, -0.2) is 29.0 Å². The molecule has 1 aliphatic carbocycles. The number of aromatic nitrogens is 3. The summed E-state index contributed by atoms with van der Waals surface area (Å²) in [6.45, 7) is 2.20. The molecule has 1 unspecified atom stereocenters. The molecule has 0 spiro atoms. The molecule has 1 atom stereocenters. The molecule has 2 aromatic heterocycles. The summed E-state index contributed by atoms with van der Waals surface area (Å²) in [4.78, 5) is 15.8. The first kappa shape index (κ1) is 17.7. The Kier molecular flexibility index (Phi) is 4.66. The Balaban J connectivity index is 1.89. The molecule has 1 aliphatic rings. The van der Waals surface area contributed by atoms with Crippen molar-refractivity contribution in [1.82, 2.24) is 15.0 Å². The van der Waals surface area contributed by atoms with Crippen LogP contribution in [0, 0.1) is 5.92 Å². The van der Waals surface area contributed by atoms with Crippen LogP contribution in [0.5, 0.6) is 0 Å². The van der Waals surface area contributed by atoms with E-state index in [0.717, 1.165) is 44.9 Å². The Morgan fingerprint density at radius 1 is 1.11 bits per heavy atom. The summed E-state index contributed by atoms with van der Waals surface area (Å²) in [6, 6.07) is 10.1. The number of hydrogen-bond acceptors (Lipinski definition) is 4. The fraction of sp³-hybridized carbons (Fsp3) is 0.227. The molecule has 0 amide bonds. The van der Waals surface area contributed by atoms with Gasteiger partial charge in [-0.05, 0) is 47.7 Å². The van der Waals surface area contributed by atoms with Gasteiger partial charge in [-0.1, -0.05) is 36.7 Å². The second-order valence-electron chi connectivity index (χ2n) is 7.08. The van der Waals surface area contributed by atoms with E-state index >= 15 is 0 Å². The quantitative estimate of drug-likeness (QED) is 0.621. The zero-order chi connectivity index (χ0) is 19.0. The Labute approximate surface area is 164 Å². The van der Waals surface area contributed by atoms with Gasteiger partial charge in [0.2, 0.25) is 0 Å². The third-order valence-corrected chi connectivity index (χ3v) is 5.07. The topological polar surface area (TPSA) is 41.9 Å². The maximum absolute atomic E-state index is 6.49. The number of benzene rings is 1. The van der Waals surface area contributed by atoms with Gasteiger partial charge < -0.3 is 4.90 Å². The van der Waals surface area contributed by atoms with E-state index in [4.69, 9.17) is 21.6 Å². The van der Waals surface area contributed by atoms with Crippen molar-refractivity contribution in [2.75, 3.05) is 19.0 Å². The number of anilines is 1. The third kappa shape index (κ3) is 3.45. The van der Waals surface area contributed by atoms with Crippen molar-refractivity contribution < 1.29 is 0 Å². The van der Waals surface area contributed by atoms with E-state index in [1.54, 1.807) is 12.4 Å². The highest BCUT2D eigenvalue weighted by molar-refractivity contribution is 6.37. The third-order valence-electron chi connectivity index (χ3n) is 4.71. The fourth-order valence-corrected chi connectivity index (χ4v) is 3.57. The van der Waals surface area contributed by atoms with E-state index in [1.165, 1.54) is 0 Å². The standard InChI is InChI=1S/C22H21ClN4/c1-14-6-8-19(23)17(11-14)15-7-9-20-18(12-15)22(27(2)3)26-21(25-20)16-5-4-10-24-13-16/h4-5,7-14H,6H2,1-3H3. The number of allylic oxidation sites excluding steroid dienone is 4. The largest absolute Gasteiger partial charge is 0.362 e. The van der Waals surface area contributed by atoms with Crippen LogP contribution in [0.25, 0.3) is 27.9 Å². The van der Waals surface area contributed by atoms with E-state index in [9.17, 15) is 0 Å². The van der Waals surface area contributed by atoms with Crippen molar-refractivity contribution in [3.63, 3.8) is 0 Å². The molecule has 0 radical (unpaired) electrons. The average Bonchev–Trinajstić information content (AvgIpc) is 2.69. The predicted octanol–water partition coefficient (Wildman–Crippen LogP) is 5.30. The van der Waals surface area contributed by atoms with Crippen LogP contribution in [0.2, 0.25) is 0 Å². The molecular formula is C22H21ClN4. The van der Waals surface area contributed by atoms with Crippen LogP contribution in [0.3, 0.4) is 0 Å². The molecule has 2 heterocycles. The highest BCUT2D eigenvalue weighted by atomic mass is 35.5. The van der Waals surface area contributed by atoms with Crippen LogP contribution >= 0.6 is 11.6 Å². The van der Waals surface area contributed by atoms with Crippen LogP contribution in [0.4, 0.5) is 5.82 Å². The lowest BCUT2D eigenvalue weighted by Crippen LogP contribution is -2.12. The zero-order valence-electron chi connectivity index (χ0n) is 15.6. The van der Waals surface area contributed by atoms with Gasteiger partial charge in [-0.2, -0.15) is 0 Å². The number of nitrogens with zero attached hydrogens (tertiary/aromatic N) is 4. The van der Waals surface area contributed by atoms with Crippen molar-refractivity contribution in [3.05, 3.63) is 65.5 Å². The van der Waals surface area contributed by atoms with Crippen LogP contribution in [0.15, 0.2) is 59.9 Å². The SMILES string of the molecule is CC1C=C(c2ccc3nc(-c4cccnc4)nc(N(C)C)c3c2)C(Cl)=CC1. The first-order chi connectivity index (χ1) is 13.0. The lowest BCUT2D eigenvalue weighted by Gasteiger charge is -2.19. The smallest absolute Gasteiger partial charge is 0.163 e. The van der Waals surface area contributed by atoms with Gasteiger partial charge in [-0.25, -0.2) is 9.97 Å². The molecule has 0 saturated carbocycles. The van der Waals surface area contributed by atoms with Crippen molar-refractivity contribution in [2.24, 2.45) is 5.92 Å². The van der Waals surface area contributed by atoms with Gasteiger partial charge in [0.1, 0.15) is 5.82 Å². The minimum atomic E-state index is 0.482. The molecule has 0 fully saturated rings. The normalized spacial score (nSPS) is 16.8. The van der Waals surface area contributed by atoms with Crippen molar-refractivity contribution in [2.45, 2.75) is 13.3 Å². The van der Waals surface area contributed by atoms with Gasteiger partial charge in [0.05, 0.1) is 5.52 Å². The summed E-state index contributed by atoms with van der Waals surface area (Å²) in [7, 11) is 3.99. The molecule has 0 aliphatic heterocycles. The first-order valence-electron chi connectivity index (χ1n) is 9.00. The molecule has 27 heavy (non-hydrogen) atoms. The summed E-state index contributed by atoms with van der Waals surface area (Å²) in [5, 5.41) is 1.82. The van der Waals surface area contributed by atoms with Gasteiger partial charge in [0.15, 0.2) is 5.82 Å². The molecule has 4 rings (SSSR count). The van der Waals surface area contributed by atoms with Crippen LogP contribution in [-0.2, 0) is 0 Å². The van der Waals surface area contributed by atoms with Gasteiger partial charge in [0, 0.05) is 42.5 Å². The highest BCUT2D eigenvalue weighted by Crippen LogP contribution is 2.35. The van der Waals surface area contributed by atoms with Gasteiger partial charge in [-0.15, -0.1) is 0 Å². The van der Waals surface area contributed by atoms with Crippen LogP contribution in [0.1, 0.15) is 18.9 Å². The number of pyridine rings is 1. The molecule has 0 N–H and O–H groups in total. The van der Waals surface area contributed by atoms with E-state index in [2.05, 4.69) is 36.2 Å². The first-order valence-corrected chi connectivity index (χ1v) is 9.38. The summed E-state index contributed by atoms with van der Waals surface area (Å²) in [5.74, 6) is 2.04. The highest BCUT2D eigenvalue weighted by Gasteiger charge is 2.16. The fourth-order valence-electron chi connectivity index (χ4n) is 3.31. The molecule has 4 nitrogen and oxygen atoms in total. The molecule has 5 heteroatoms. The maximum atomic E-state index is 6.49. The van der Waals surface area contributed by atoms with E-state index < -0.39 is 0 Å². The molecule has 3 aromatic rings. The number of rotatable bonds is 3. The zero-order valence-corrected chi connectivity index (χ0v) is 16.4. The van der Waals surface area contributed by atoms with Crippen molar-refractivity contribution in [1.29, 1.82) is 0 Å². The van der Waals surface area contributed by atoms with Gasteiger partial charge in [-0.3, -0.25) is 4.98 Å². The Hall–Kier alpha value is -2.72. The molecule has 1 aromatic carbocycles. The number of halogens is 1. The Morgan fingerprint density at radius 3 is 2.70 bits per heavy atom. The molecular weight excluding hydrogens is 356 g/mol. The second-order valence-corrected chi connectivity index (χ2v) is 7.49. The van der Waals surface area contributed by atoms with Crippen molar-refractivity contribution in [3.8, 4) is 11.4 Å². The minimum absolute atomic E-state index is 0.482. The van der Waals surface area contributed by atoms with Crippen molar-refractivity contribution >= 4 is 33.9 Å². The number of fused-ring (bicyclic) bond motifs is 1. The second kappa shape index (κ2) is 7.12. The maximum Gasteiger partial charge on any atom is 0.163 e. The minimum Gasteiger partial charge on any atom is -0.362 e. The van der Waals surface area contributed by atoms with E-state index in [0.29, 0.717) is 11.7 Å². The summed E-state index contributed by atoms with van der Waals surface area (Å²) >= 11 is 6.49.